The van der Waals surface area contributed by atoms with Gasteiger partial charge >= 0.3 is 0 Å². The van der Waals surface area contributed by atoms with Crippen molar-refractivity contribution < 1.29 is 22.0 Å². The number of anilines is 1. The molecule has 1 atom stereocenters. The molecule has 1 aliphatic rings. The highest BCUT2D eigenvalue weighted by atomic mass is 32.2. The maximum Gasteiger partial charge on any atom is 0.241 e. The number of amides is 1. The number of carbonyl (C=O) groups is 1. The third kappa shape index (κ3) is 4.01. The predicted molar refractivity (Wildman–Crippen MR) is 97.9 cm³/mol. The van der Waals surface area contributed by atoms with E-state index in [-0.39, 0.29) is 16.4 Å². The molecular formula is C19H20F2N2O3S. The van der Waals surface area contributed by atoms with Gasteiger partial charge in [-0.15, -0.1) is 0 Å². The number of halogens is 2. The van der Waals surface area contributed by atoms with E-state index in [0.717, 1.165) is 12.5 Å². The number of sulfonamides is 1. The number of nitrogens with zero attached hydrogens (tertiary/aromatic N) is 1. The molecule has 2 aromatic rings. The summed E-state index contributed by atoms with van der Waals surface area (Å²) >= 11 is 0. The summed E-state index contributed by atoms with van der Waals surface area (Å²) in [6, 6.07) is 6.81. The molecule has 1 fully saturated rings. The van der Waals surface area contributed by atoms with E-state index < -0.39 is 27.7 Å². The molecule has 0 saturated carbocycles. The van der Waals surface area contributed by atoms with Crippen molar-refractivity contribution in [2.24, 2.45) is 0 Å². The number of aryl methyl sites for hydroxylation is 1. The van der Waals surface area contributed by atoms with E-state index in [0.29, 0.717) is 30.3 Å². The molecule has 5 nitrogen and oxygen atoms in total. The van der Waals surface area contributed by atoms with Gasteiger partial charge < -0.3 is 4.90 Å². The highest BCUT2D eigenvalue weighted by molar-refractivity contribution is 7.89. The smallest absolute Gasteiger partial charge is 0.241 e. The second kappa shape index (κ2) is 7.36. The minimum Gasteiger partial charge on any atom is -0.312 e. The largest absolute Gasteiger partial charge is 0.312 e. The van der Waals surface area contributed by atoms with Crippen LogP contribution in [0.25, 0.3) is 0 Å². The van der Waals surface area contributed by atoms with Crippen LogP contribution in [-0.2, 0) is 14.8 Å². The normalized spacial score (nSPS) is 16.0. The van der Waals surface area contributed by atoms with Gasteiger partial charge in [0.1, 0.15) is 11.6 Å². The van der Waals surface area contributed by atoms with Gasteiger partial charge in [-0.05, 0) is 50.1 Å². The predicted octanol–water partition coefficient (Wildman–Crippen LogP) is 3.44. The SMILES string of the molecule is Cc1cc(N2CCCC2=O)ccc1S(=O)(=O)NC(C)c1ccc(F)cc1F. The Morgan fingerprint density at radius 2 is 1.89 bits per heavy atom. The monoisotopic (exact) mass is 394 g/mol. The lowest BCUT2D eigenvalue weighted by Crippen LogP contribution is -2.28. The fourth-order valence-corrected chi connectivity index (χ4v) is 4.69. The van der Waals surface area contributed by atoms with E-state index in [1.807, 2.05) is 0 Å². The number of rotatable bonds is 5. The molecule has 0 aromatic heterocycles. The van der Waals surface area contributed by atoms with Crippen LogP contribution >= 0.6 is 0 Å². The second-order valence-electron chi connectivity index (χ2n) is 6.61. The summed E-state index contributed by atoms with van der Waals surface area (Å²) in [7, 11) is -3.93. The van der Waals surface area contributed by atoms with Crippen molar-refractivity contribution in [1.82, 2.24) is 4.72 Å². The van der Waals surface area contributed by atoms with Gasteiger partial charge in [0.25, 0.3) is 0 Å². The minimum absolute atomic E-state index is 0.0172. The summed E-state index contributed by atoms with van der Waals surface area (Å²) in [6.45, 7) is 3.74. The van der Waals surface area contributed by atoms with E-state index in [9.17, 15) is 22.0 Å². The van der Waals surface area contributed by atoms with Crippen molar-refractivity contribution in [3.05, 3.63) is 59.2 Å². The van der Waals surface area contributed by atoms with E-state index in [1.54, 1.807) is 24.0 Å². The average molecular weight is 394 g/mol. The summed E-state index contributed by atoms with van der Waals surface area (Å²) < 4.78 is 54.8. The second-order valence-corrected chi connectivity index (χ2v) is 8.29. The lowest BCUT2D eigenvalue weighted by Gasteiger charge is -2.19. The highest BCUT2D eigenvalue weighted by Crippen LogP contribution is 2.27. The highest BCUT2D eigenvalue weighted by Gasteiger charge is 2.25. The molecule has 0 aliphatic carbocycles. The summed E-state index contributed by atoms with van der Waals surface area (Å²) in [6.07, 6.45) is 1.27. The van der Waals surface area contributed by atoms with E-state index in [2.05, 4.69) is 4.72 Å². The first-order valence-corrected chi connectivity index (χ1v) is 10.1. The molecule has 1 unspecified atom stereocenters. The zero-order valence-corrected chi connectivity index (χ0v) is 15.8. The van der Waals surface area contributed by atoms with Crippen LogP contribution in [0.15, 0.2) is 41.3 Å². The van der Waals surface area contributed by atoms with Crippen LogP contribution in [0.2, 0.25) is 0 Å². The molecule has 2 aromatic carbocycles. The van der Waals surface area contributed by atoms with Crippen molar-refractivity contribution in [2.75, 3.05) is 11.4 Å². The average Bonchev–Trinajstić information content (AvgIpc) is 2.99. The molecule has 1 amide bonds. The summed E-state index contributed by atoms with van der Waals surface area (Å²) in [4.78, 5) is 13.5. The minimum atomic E-state index is -3.93. The fraction of sp³-hybridized carbons (Fsp3) is 0.316. The third-order valence-corrected chi connectivity index (χ3v) is 6.29. The van der Waals surface area contributed by atoms with Crippen molar-refractivity contribution in [3.8, 4) is 0 Å². The lowest BCUT2D eigenvalue weighted by atomic mass is 10.1. The molecule has 0 spiro atoms. The number of benzene rings is 2. The molecule has 1 N–H and O–H groups in total. The first kappa shape index (κ1) is 19.4. The Morgan fingerprint density at radius 3 is 2.48 bits per heavy atom. The maximum atomic E-state index is 13.9. The standard InChI is InChI=1S/C19H20F2N2O3S/c1-12-10-15(23-9-3-4-19(23)24)6-8-18(12)27(25,26)22-13(2)16-7-5-14(20)11-17(16)21/h5-8,10-11,13,22H,3-4,9H2,1-2H3. The Bertz CT molecular complexity index is 992. The number of hydrogen-bond acceptors (Lipinski definition) is 3. The van der Waals surface area contributed by atoms with Crippen LogP contribution in [0.4, 0.5) is 14.5 Å². The van der Waals surface area contributed by atoms with Gasteiger partial charge in [-0.1, -0.05) is 6.07 Å². The van der Waals surface area contributed by atoms with Gasteiger partial charge in [0.05, 0.1) is 4.90 Å². The van der Waals surface area contributed by atoms with Gasteiger partial charge in [-0.3, -0.25) is 4.79 Å². The van der Waals surface area contributed by atoms with Crippen LogP contribution in [0, 0.1) is 18.6 Å². The first-order valence-electron chi connectivity index (χ1n) is 8.57. The Hall–Kier alpha value is -2.32. The maximum absolute atomic E-state index is 13.9. The molecule has 1 heterocycles. The molecule has 27 heavy (non-hydrogen) atoms. The Morgan fingerprint density at radius 1 is 1.15 bits per heavy atom. The van der Waals surface area contributed by atoms with Gasteiger partial charge in [-0.25, -0.2) is 21.9 Å². The van der Waals surface area contributed by atoms with Crippen molar-refractivity contribution in [3.63, 3.8) is 0 Å². The number of carbonyl (C=O) groups excluding carboxylic acids is 1. The van der Waals surface area contributed by atoms with Crippen molar-refractivity contribution in [2.45, 2.75) is 37.6 Å². The summed E-state index contributed by atoms with van der Waals surface area (Å²) in [5, 5.41) is 0. The Labute approximate surface area is 157 Å². The molecule has 0 radical (unpaired) electrons. The van der Waals surface area contributed by atoms with Crippen LogP contribution in [0.5, 0.6) is 0 Å². The fourth-order valence-electron chi connectivity index (χ4n) is 3.24. The number of nitrogens with one attached hydrogen (secondary N) is 1. The van der Waals surface area contributed by atoms with E-state index in [1.165, 1.54) is 19.1 Å². The summed E-state index contributed by atoms with van der Waals surface area (Å²) in [5.74, 6) is -1.53. The molecule has 3 rings (SSSR count). The molecule has 1 aliphatic heterocycles. The molecule has 0 bridgehead atoms. The lowest BCUT2D eigenvalue weighted by molar-refractivity contribution is -0.117. The van der Waals surface area contributed by atoms with E-state index in [4.69, 9.17) is 0 Å². The van der Waals surface area contributed by atoms with Gasteiger partial charge in [-0.2, -0.15) is 0 Å². The Kier molecular flexibility index (Phi) is 5.30. The zero-order valence-electron chi connectivity index (χ0n) is 15.0. The Balaban J connectivity index is 1.85. The third-order valence-electron chi connectivity index (χ3n) is 4.59. The van der Waals surface area contributed by atoms with Crippen molar-refractivity contribution >= 4 is 21.6 Å². The van der Waals surface area contributed by atoms with Gasteiger partial charge in [0, 0.05) is 36.3 Å². The molecular weight excluding hydrogens is 374 g/mol. The van der Waals surface area contributed by atoms with Crippen LogP contribution in [-0.4, -0.2) is 20.9 Å². The molecule has 1 saturated heterocycles. The number of hydrogen-bond donors (Lipinski definition) is 1. The van der Waals surface area contributed by atoms with Crippen LogP contribution in [0.1, 0.15) is 36.9 Å². The molecule has 8 heteroatoms. The van der Waals surface area contributed by atoms with Gasteiger partial charge in [0.15, 0.2) is 0 Å². The van der Waals surface area contributed by atoms with Crippen molar-refractivity contribution in [1.29, 1.82) is 0 Å². The van der Waals surface area contributed by atoms with Crippen LogP contribution < -0.4 is 9.62 Å². The van der Waals surface area contributed by atoms with Crippen LogP contribution in [0.3, 0.4) is 0 Å². The topological polar surface area (TPSA) is 66.5 Å². The first-order chi connectivity index (χ1) is 12.7. The quantitative estimate of drug-likeness (QED) is 0.845. The van der Waals surface area contributed by atoms with E-state index >= 15 is 0 Å². The molecule has 144 valence electrons. The zero-order chi connectivity index (χ0) is 19.8. The van der Waals surface area contributed by atoms with Gasteiger partial charge in [0.2, 0.25) is 15.9 Å². The summed E-state index contributed by atoms with van der Waals surface area (Å²) in [5.41, 5.74) is 1.19.